The van der Waals surface area contributed by atoms with Crippen molar-refractivity contribution in [1.82, 2.24) is 5.32 Å². The summed E-state index contributed by atoms with van der Waals surface area (Å²) >= 11 is 1.73. The van der Waals surface area contributed by atoms with Crippen LogP contribution < -0.4 is 10.6 Å². The van der Waals surface area contributed by atoms with Gasteiger partial charge >= 0.3 is 0 Å². The molecule has 20 heavy (non-hydrogen) atoms. The number of hydrogen-bond acceptors (Lipinski definition) is 5. The number of nitrogens with one attached hydrogen (secondary N) is 2. The first-order valence-corrected chi connectivity index (χ1v) is 7.53. The highest BCUT2D eigenvalue weighted by molar-refractivity contribution is 8.00. The van der Waals surface area contributed by atoms with Crippen LogP contribution in [0, 0.1) is 10.1 Å². The Hall–Kier alpha value is -1.76. The van der Waals surface area contributed by atoms with Gasteiger partial charge in [0.2, 0.25) is 0 Å². The molecule has 2 N–H and O–H groups in total. The van der Waals surface area contributed by atoms with Crippen molar-refractivity contribution < 1.29 is 9.72 Å². The van der Waals surface area contributed by atoms with Crippen LogP contribution in [0.3, 0.4) is 0 Å². The Morgan fingerprint density at radius 3 is 2.70 bits per heavy atom. The van der Waals surface area contributed by atoms with Crippen molar-refractivity contribution in [3.63, 3.8) is 0 Å². The van der Waals surface area contributed by atoms with Crippen LogP contribution in [0.4, 0.5) is 11.4 Å². The highest BCUT2D eigenvalue weighted by Gasteiger charge is 2.42. The minimum Gasteiger partial charge on any atom is -0.388 e. The second-order valence-corrected chi connectivity index (χ2v) is 6.08. The van der Waals surface area contributed by atoms with Gasteiger partial charge in [-0.05, 0) is 31.2 Å². The van der Waals surface area contributed by atoms with Crippen molar-refractivity contribution in [1.29, 1.82) is 0 Å². The van der Waals surface area contributed by atoms with Crippen molar-refractivity contribution in [3.8, 4) is 0 Å². The quantitative estimate of drug-likeness (QED) is 0.621. The lowest BCUT2D eigenvalue weighted by Gasteiger charge is -2.13. The zero-order chi connectivity index (χ0) is 14.8. The van der Waals surface area contributed by atoms with Gasteiger partial charge in [-0.25, -0.2) is 0 Å². The van der Waals surface area contributed by atoms with Gasteiger partial charge in [0.1, 0.15) is 5.56 Å². The molecule has 0 saturated heterocycles. The van der Waals surface area contributed by atoms with E-state index in [1.807, 2.05) is 6.26 Å². The summed E-state index contributed by atoms with van der Waals surface area (Å²) < 4.78 is 0.130. The molecule has 0 radical (unpaired) electrons. The van der Waals surface area contributed by atoms with Crippen LogP contribution in [-0.2, 0) is 0 Å². The van der Waals surface area contributed by atoms with Gasteiger partial charge in [-0.1, -0.05) is 0 Å². The normalized spacial score (nSPS) is 15.5. The van der Waals surface area contributed by atoms with E-state index in [0.29, 0.717) is 12.2 Å². The second kappa shape index (κ2) is 5.70. The molecule has 1 amide bonds. The Kier molecular flexibility index (Phi) is 4.17. The lowest BCUT2D eigenvalue weighted by molar-refractivity contribution is -0.385. The highest BCUT2D eigenvalue weighted by Crippen LogP contribution is 2.46. The molecule has 0 spiro atoms. The van der Waals surface area contributed by atoms with Crippen LogP contribution in [0.5, 0.6) is 0 Å². The molecule has 7 heteroatoms. The number of carbonyl (C=O) groups is 1. The van der Waals surface area contributed by atoms with Gasteiger partial charge in [-0.2, -0.15) is 11.8 Å². The van der Waals surface area contributed by atoms with Crippen molar-refractivity contribution in [2.24, 2.45) is 0 Å². The predicted octanol–water partition coefficient (Wildman–Crippen LogP) is 2.26. The summed E-state index contributed by atoms with van der Waals surface area (Å²) in [6.07, 6.45) is 4.17. The van der Waals surface area contributed by atoms with Gasteiger partial charge in [0.05, 0.1) is 4.92 Å². The third-order valence-electron chi connectivity index (χ3n) is 3.54. The van der Waals surface area contributed by atoms with E-state index in [4.69, 9.17) is 0 Å². The summed E-state index contributed by atoms with van der Waals surface area (Å²) in [5.41, 5.74) is 0.598. The minimum atomic E-state index is -0.532. The first kappa shape index (κ1) is 14.6. The number of amides is 1. The van der Waals surface area contributed by atoms with Gasteiger partial charge in [-0.15, -0.1) is 0 Å². The van der Waals surface area contributed by atoms with Gasteiger partial charge in [0.15, 0.2) is 0 Å². The molecule has 0 unspecified atom stereocenters. The molecule has 108 valence electrons. The molecule has 6 nitrogen and oxygen atoms in total. The molecule has 1 fully saturated rings. The largest absolute Gasteiger partial charge is 0.388 e. The summed E-state index contributed by atoms with van der Waals surface area (Å²) in [6, 6.07) is 4.44. The first-order chi connectivity index (χ1) is 9.51. The molecular weight excluding hydrogens is 278 g/mol. The fourth-order valence-corrected chi connectivity index (χ4v) is 2.69. The van der Waals surface area contributed by atoms with Crippen molar-refractivity contribution in [2.45, 2.75) is 17.6 Å². The SMILES string of the molecule is CNc1ccc([N+](=O)[O-])c(C(=O)NCC2(SC)CC2)c1. The van der Waals surface area contributed by atoms with E-state index in [-0.39, 0.29) is 16.0 Å². The fourth-order valence-electron chi connectivity index (χ4n) is 1.96. The zero-order valence-corrected chi connectivity index (χ0v) is 12.3. The molecule has 1 aliphatic carbocycles. The van der Waals surface area contributed by atoms with E-state index >= 15 is 0 Å². The molecule has 1 aromatic carbocycles. The summed E-state index contributed by atoms with van der Waals surface area (Å²) in [7, 11) is 1.70. The third kappa shape index (κ3) is 3.04. The average molecular weight is 295 g/mol. The summed E-state index contributed by atoms with van der Waals surface area (Å²) in [4.78, 5) is 22.6. The summed E-state index contributed by atoms with van der Waals surface area (Å²) in [6.45, 7) is 0.550. The Morgan fingerprint density at radius 2 is 2.20 bits per heavy atom. The van der Waals surface area contributed by atoms with Crippen LogP contribution in [-0.4, -0.2) is 35.4 Å². The lowest BCUT2D eigenvalue weighted by atomic mass is 10.1. The van der Waals surface area contributed by atoms with E-state index in [1.165, 1.54) is 12.1 Å². The van der Waals surface area contributed by atoms with Crippen LogP contribution in [0.1, 0.15) is 23.2 Å². The van der Waals surface area contributed by atoms with Crippen LogP contribution in [0.2, 0.25) is 0 Å². The Labute approximate surface area is 121 Å². The molecule has 2 rings (SSSR count). The lowest BCUT2D eigenvalue weighted by Crippen LogP contribution is -2.32. The van der Waals surface area contributed by atoms with E-state index in [1.54, 1.807) is 24.9 Å². The number of benzene rings is 1. The van der Waals surface area contributed by atoms with E-state index in [0.717, 1.165) is 12.8 Å². The number of nitro benzene ring substituents is 1. The molecule has 1 aliphatic rings. The van der Waals surface area contributed by atoms with Gasteiger partial charge in [-0.3, -0.25) is 14.9 Å². The van der Waals surface area contributed by atoms with E-state index in [2.05, 4.69) is 10.6 Å². The molecule has 0 aliphatic heterocycles. The number of nitrogens with zero attached hydrogens (tertiary/aromatic N) is 1. The average Bonchev–Trinajstić information content (AvgIpc) is 3.24. The molecule has 0 atom stereocenters. The maximum atomic E-state index is 12.2. The number of anilines is 1. The Bertz CT molecular complexity index is 544. The number of nitro groups is 1. The fraction of sp³-hybridized carbons (Fsp3) is 0.462. The molecule has 0 aromatic heterocycles. The monoisotopic (exact) mass is 295 g/mol. The second-order valence-electron chi connectivity index (χ2n) is 4.81. The van der Waals surface area contributed by atoms with Crippen molar-refractivity contribution in [3.05, 3.63) is 33.9 Å². The predicted molar refractivity (Wildman–Crippen MR) is 80.5 cm³/mol. The van der Waals surface area contributed by atoms with Crippen LogP contribution in [0.25, 0.3) is 0 Å². The summed E-state index contributed by atoms with van der Waals surface area (Å²) in [5, 5.41) is 16.7. The number of thioether (sulfide) groups is 1. The molecule has 0 heterocycles. The van der Waals surface area contributed by atoms with Gasteiger partial charge in [0, 0.05) is 30.1 Å². The molecule has 0 bridgehead atoms. The third-order valence-corrected chi connectivity index (χ3v) is 4.96. The number of rotatable bonds is 6. The maximum Gasteiger partial charge on any atom is 0.282 e. The molecule has 1 saturated carbocycles. The smallest absolute Gasteiger partial charge is 0.282 e. The maximum absolute atomic E-state index is 12.2. The number of hydrogen-bond donors (Lipinski definition) is 2. The van der Waals surface area contributed by atoms with E-state index < -0.39 is 10.8 Å². The molecule has 1 aromatic rings. The summed E-state index contributed by atoms with van der Waals surface area (Å²) in [5.74, 6) is -0.394. The van der Waals surface area contributed by atoms with Crippen molar-refractivity contribution in [2.75, 3.05) is 25.2 Å². The first-order valence-electron chi connectivity index (χ1n) is 6.31. The van der Waals surface area contributed by atoms with Crippen LogP contribution >= 0.6 is 11.8 Å². The molecular formula is C13H17N3O3S. The number of carbonyl (C=O) groups excluding carboxylic acids is 1. The van der Waals surface area contributed by atoms with Gasteiger partial charge in [0.25, 0.3) is 11.6 Å². The Morgan fingerprint density at radius 1 is 1.50 bits per heavy atom. The van der Waals surface area contributed by atoms with Crippen molar-refractivity contribution >= 4 is 29.0 Å². The van der Waals surface area contributed by atoms with E-state index in [9.17, 15) is 14.9 Å². The zero-order valence-electron chi connectivity index (χ0n) is 11.4. The highest BCUT2D eigenvalue weighted by atomic mass is 32.2. The Balaban J connectivity index is 2.16. The van der Waals surface area contributed by atoms with Crippen LogP contribution in [0.15, 0.2) is 18.2 Å². The topological polar surface area (TPSA) is 84.3 Å². The standard InChI is InChI=1S/C13H17N3O3S/c1-14-9-3-4-11(16(18)19)10(7-9)12(17)15-8-13(20-2)5-6-13/h3-4,7,14H,5-6,8H2,1-2H3,(H,15,17). The minimum absolute atomic E-state index is 0.0961. The van der Waals surface area contributed by atoms with Gasteiger partial charge < -0.3 is 10.6 Å².